The molecule has 0 fully saturated rings. The van der Waals surface area contributed by atoms with E-state index in [-0.39, 0.29) is 17.7 Å². The first-order valence-corrected chi connectivity index (χ1v) is 11.6. The van der Waals surface area contributed by atoms with Crippen molar-refractivity contribution in [2.45, 2.75) is 12.0 Å². The first-order chi connectivity index (χ1) is 17.2. The summed E-state index contributed by atoms with van der Waals surface area (Å²) in [4.78, 5) is 5.04. The van der Waals surface area contributed by atoms with Gasteiger partial charge in [0.25, 0.3) is 0 Å². The van der Waals surface area contributed by atoms with Gasteiger partial charge >= 0.3 is 0 Å². The Hall–Kier alpha value is -4.44. The molecule has 0 aliphatic carbocycles. The van der Waals surface area contributed by atoms with Crippen LogP contribution >= 0.6 is 0 Å². The third kappa shape index (κ3) is 4.92. The molecule has 2 heterocycles. The molecule has 0 saturated carbocycles. The minimum absolute atomic E-state index is 0.0197. The maximum absolute atomic E-state index is 13.4. The van der Waals surface area contributed by atoms with Crippen LogP contribution in [0.4, 0.5) is 0 Å². The first kappa shape index (κ1) is 22.4. The van der Waals surface area contributed by atoms with Crippen LogP contribution in [0, 0.1) is 0 Å². The number of hydrogen-bond donors (Lipinski definition) is 0. The number of ether oxygens (including phenoxy) is 1. The molecule has 0 bridgehead atoms. The number of nitrogens with zero attached hydrogens (tertiary/aromatic N) is 2. The number of hydrogen-bond acceptors (Lipinski definition) is 3. The molecule has 3 aromatic carbocycles. The van der Waals surface area contributed by atoms with Gasteiger partial charge in [-0.05, 0) is 35.4 Å². The van der Waals surface area contributed by atoms with Gasteiger partial charge < -0.3 is 9.84 Å². The van der Waals surface area contributed by atoms with Gasteiger partial charge in [0.05, 0.1) is 18.5 Å². The van der Waals surface area contributed by atoms with Crippen molar-refractivity contribution < 1.29 is 14.4 Å². The smallest absolute Gasteiger partial charge is 0.210 e. The fourth-order valence-corrected chi connectivity index (χ4v) is 4.42. The molecule has 5 rings (SSSR count). The van der Waals surface area contributed by atoms with Crippen molar-refractivity contribution in [2.24, 2.45) is 0 Å². The van der Waals surface area contributed by atoms with E-state index < -0.39 is 0 Å². The lowest BCUT2D eigenvalue weighted by Crippen LogP contribution is -2.43. The van der Waals surface area contributed by atoms with Crippen molar-refractivity contribution in [3.63, 3.8) is 0 Å². The highest BCUT2D eigenvalue weighted by Gasteiger charge is 2.32. The SMILES string of the molecule is COc1ccc(C(/C=C(\[O-])c2ccccc2)C(c2ccc3ccccc3n2)[n+]2ccccc2)cc1. The topological polar surface area (TPSA) is 49.1 Å². The normalized spacial score (nSPS) is 13.3. The Kier molecular flexibility index (Phi) is 6.53. The third-order valence-corrected chi connectivity index (χ3v) is 6.21. The van der Waals surface area contributed by atoms with E-state index in [1.807, 2.05) is 109 Å². The molecular weight excluding hydrogens is 432 g/mol. The standard InChI is InChI=1S/C31H26N2O2/c1-35-26-17-14-23(15-18-26)27(22-30(34)25-11-4-2-5-12-25)31(33-20-8-3-9-21-33)29-19-16-24-10-6-7-13-28(24)32-29/h2-22,27,31H,1H3/b30-22-. The number of rotatable bonds is 7. The molecule has 0 amide bonds. The summed E-state index contributed by atoms with van der Waals surface area (Å²) in [5.41, 5.74) is 3.48. The number of fused-ring (bicyclic) bond motifs is 1. The second-order valence-corrected chi connectivity index (χ2v) is 8.39. The second kappa shape index (κ2) is 10.2. The third-order valence-electron chi connectivity index (χ3n) is 6.21. The fourth-order valence-electron chi connectivity index (χ4n) is 4.42. The van der Waals surface area contributed by atoms with Gasteiger partial charge in [0.2, 0.25) is 6.04 Å². The molecule has 5 aromatic rings. The van der Waals surface area contributed by atoms with Gasteiger partial charge in [-0.3, -0.25) is 0 Å². The zero-order valence-electron chi connectivity index (χ0n) is 19.5. The minimum atomic E-state index is -0.269. The van der Waals surface area contributed by atoms with Crippen LogP contribution < -0.4 is 14.4 Å². The van der Waals surface area contributed by atoms with Crippen LogP contribution in [0.1, 0.15) is 28.8 Å². The van der Waals surface area contributed by atoms with Crippen LogP contribution in [-0.4, -0.2) is 12.1 Å². The van der Waals surface area contributed by atoms with Crippen molar-refractivity contribution in [1.82, 2.24) is 4.98 Å². The van der Waals surface area contributed by atoms with Gasteiger partial charge in [-0.2, -0.15) is 4.57 Å². The average Bonchev–Trinajstić information content (AvgIpc) is 2.93. The zero-order chi connectivity index (χ0) is 24.0. The van der Waals surface area contributed by atoms with Crippen molar-refractivity contribution in [1.29, 1.82) is 0 Å². The predicted molar refractivity (Wildman–Crippen MR) is 137 cm³/mol. The Morgan fingerprint density at radius 3 is 2.23 bits per heavy atom. The molecule has 0 saturated heterocycles. The lowest BCUT2D eigenvalue weighted by Gasteiger charge is -2.24. The summed E-state index contributed by atoms with van der Waals surface area (Å²) in [5.74, 6) is 0.484. The summed E-state index contributed by atoms with van der Waals surface area (Å²) in [6, 6.07) is 35.3. The van der Waals surface area contributed by atoms with E-state index in [9.17, 15) is 5.11 Å². The molecule has 2 atom stereocenters. The van der Waals surface area contributed by atoms with E-state index in [2.05, 4.69) is 22.8 Å². The largest absolute Gasteiger partial charge is 0.872 e. The highest BCUT2D eigenvalue weighted by atomic mass is 16.5. The van der Waals surface area contributed by atoms with Crippen molar-refractivity contribution in [3.8, 4) is 5.75 Å². The predicted octanol–water partition coefficient (Wildman–Crippen LogP) is 5.31. The molecule has 0 aliphatic heterocycles. The van der Waals surface area contributed by atoms with E-state index in [4.69, 9.17) is 9.72 Å². The molecule has 2 aromatic heterocycles. The maximum Gasteiger partial charge on any atom is 0.210 e. The average molecular weight is 459 g/mol. The molecule has 0 spiro atoms. The molecule has 172 valence electrons. The van der Waals surface area contributed by atoms with Crippen LogP contribution in [-0.2, 0) is 0 Å². The van der Waals surface area contributed by atoms with E-state index in [1.165, 1.54) is 0 Å². The molecule has 0 aliphatic rings. The number of methoxy groups -OCH3 is 1. The monoisotopic (exact) mass is 458 g/mol. The molecule has 35 heavy (non-hydrogen) atoms. The van der Waals surface area contributed by atoms with E-state index in [0.717, 1.165) is 27.9 Å². The summed E-state index contributed by atoms with van der Waals surface area (Å²) in [6.07, 6.45) is 5.87. The summed E-state index contributed by atoms with van der Waals surface area (Å²) in [7, 11) is 1.65. The summed E-state index contributed by atoms with van der Waals surface area (Å²) in [6.45, 7) is 0. The Morgan fingerprint density at radius 2 is 1.49 bits per heavy atom. The zero-order valence-corrected chi connectivity index (χ0v) is 19.5. The number of aromatic nitrogens is 2. The summed E-state index contributed by atoms with van der Waals surface area (Å²) >= 11 is 0. The Balaban J connectivity index is 1.71. The van der Waals surface area contributed by atoms with Gasteiger partial charge in [-0.1, -0.05) is 78.9 Å². The maximum atomic E-state index is 13.4. The number of allylic oxidation sites excluding steroid dienone is 1. The summed E-state index contributed by atoms with van der Waals surface area (Å²) in [5, 5.41) is 14.5. The van der Waals surface area contributed by atoms with Crippen LogP contribution in [0.5, 0.6) is 5.75 Å². The molecule has 0 N–H and O–H groups in total. The lowest BCUT2D eigenvalue weighted by atomic mass is 9.87. The van der Waals surface area contributed by atoms with Gasteiger partial charge in [-0.15, -0.1) is 5.76 Å². The quantitative estimate of drug-likeness (QED) is 0.245. The lowest BCUT2D eigenvalue weighted by molar-refractivity contribution is -0.716. The highest BCUT2D eigenvalue weighted by Crippen LogP contribution is 2.34. The van der Waals surface area contributed by atoms with Gasteiger partial charge in [-0.25, -0.2) is 4.98 Å². The highest BCUT2D eigenvalue weighted by molar-refractivity contribution is 5.78. The number of pyridine rings is 2. The van der Waals surface area contributed by atoms with E-state index in [1.54, 1.807) is 7.11 Å². The molecular formula is C31H26N2O2. The molecule has 0 radical (unpaired) electrons. The van der Waals surface area contributed by atoms with E-state index in [0.29, 0.717) is 5.56 Å². The van der Waals surface area contributed by atoms with E-state index >= 15 is 0 Å². The van der Waals surface area contributed by atoms with Crippen molar-refractivity contribution >= 4 is 16.7 Å². The van der Waals surface area contributed by atoms with Crippen molar-refractivity contribution in [2.75, 3.05) is 7.11 Å². The van der Waals surface area contributed by atoms with Crippen LogP contribution in [0.3, 0.4) is 0 Å². The second-order valence-electron chi connectivity index (χ2n) is 8.39. The number of benzene rings is 3. The Labute approximate surface area is 205 Å². The van der Waals surface area contributed by atoms with Gasteiger partial charge in [0.15, 0.2) is 12.4 Å². The van der Waals surface area contributed by atoms with Crippen LogP contribution in [0.15, 0.2) is 128 Å². The minimum Gasteiger partial charge on any atom is -0.872 e. The fraction of sp³-hybridized carbons (Fsp3) is 0.0968. The Bertz CT molecular complexity index is 1430. The summed E-state index contributed by atoms with van der Waals surface area (Å²) < 4.78 is 7.51. The molecule has 2 unspecified atom stereocenters. The molecule has 4 nitrogen and oxygen atoms in total. The van der Waals surface area contributed by atoms with Gasteiger partial charge in [0, 0.05) is 17.5 Å². The first-order valence-electron chi connectivity index (χ1n) is 11.6. The molecule has 4 heteroatoms. The number of para-hydroxylation sites is 1. The van der Waals surface area contributed by atoms with Crippen molar-refractivity contribution in [3.05, 3.63) is 144 Å². The van der Waals surface area contributed by atoms with Crippen LogP contribution in [0.2, 0.25) is 0 Å². The Morgan fingerprint density at radius 1 is 0.800 bits per heavy atom. The van der Waals surface area contributed by atoms with Crippen LogP contribution in [0.25, 0.3) is 16.7 Å². The van der Waals surface area contributed by atoms with Gasteiger partial charge in [0.1, 0.15) is 11.4 Å².